The van der Waals surface area contributed by atoms with Crippen molar-refractivity contribution >= 4 is 28.2 Å². The second kappa shape index (κ2) is 10.1. The smallest absolute Gasteiger partial charge is 0.419 e. The number of anilines is 2. The molecule has 1 fully saturated rings. The van der Waals surface area contributed by atoms with Crippen molar-refractivity contribution in [3.05, 3.63) is 59.8 Å². The second-order valence-corrected chi connectivity index (χ2v) is 9.35. The van der Waals surface area contributed by atoms with E-state index in [1.807, 2.05) is 25.1 Å². The van der Waals surface area contributed by atoms with E-state index in [9.17, 15) is 18.3 Å². The molecule has 0 unspecified atom stereocenters. The third kappa shape index (κ3) is 4.85. The molecule has 0 saturated carbocycles. The lowest BCUT2D eigenvalue weighted by atomic mass is 9.90. The fourth-order valence-electron chi connectivity index (χ4n) is 5.01. The first-order valence-electron chi connectivity index (χ1n) is 12.6. The van der Waals surface area contributed by atoms with Gasteiger partial charge in [-0.15, -0.1) is 0 Å². The predicted molar refractivity (Wildman–Crippen MR) is 146 cm³/mol. The highest BCUT2D eigenvalue weighted by Crippen LogP contribution is 2.45. The van der Waals surface area contributed by atoms with Crippen LogP contribution in [0.3, 0.4) is 0 Å². The number of pyridine rings is 1. The fourth-order valence-corrected chi connectivity index (χ4v) is 5.01. The molecule has 5 N–H and O–H groups in total. The highest BCUT2D eigenvalue weighted by atomic mass is 19.4. The maximum atomic E-state index is 13.7. The number of benzene rings is 2. The Morgan fingerprint density at radius 2 is 1.92 bits per heavy atom. The Bertz CT molecular complexity index is 1560. The molecule has 2 aromatic heterocycles. The van der Waals surface area contributed by atoms with Gasteiger partial charge in [0.1, 0.15) is 11.5 Å². The zero-order chi connectivity index (χ0) is 27.9. The predicted octanol–water partition coefficient (Wildman–Crippen LogP) is 5.32. The van der Waals surface area contributed by atoms with Crippen LogP contribution in [0.5, 0.6) is 5.75 Å². The van der Waals surface area contributed by atoms with Crippen LogP contribution >= 0.6 is 0 Å². The standard InChI is InChI=1S/C28H29F3N6O2/c1-4-39-16(3)24-25(19-7-6-18(14-21(19)32)37-11-9-33-10-12-37)23-15(2)35-36-27(23)34-26(24)17-5-8-22(38)20(13-17)28(29,30)31/h5-8,13-14,33,38H,3-4,9-12,32H2,1-2H3,(H,34,35,36). The molecule has 11 heteroatoms. The van der Waals surface area contributed by atoms with Gasteiger partial charge in [0, 0.05) is 59.9 Å². The lowest BCUT2D eigenvalue weighted by molar-refractivity contribution is -0.138. The summed E-state index contributed by atoms with van der Waals surface area (Å²) in [7, 11) is 0. The van der Waals surface area contributed by atoms with Crippen LogP contribution in [0.25, 0.3) is 39.2 Å². The molecule has 8 nitrogen and oxygen atoms in total. The van der Waals surface area contributed by atoms with Gasteiger partial charge in [-0.1, -0.05) is 12.6 Å². The van der Waals surface area contributed by atoms with Crippen molar-refractivity contribution in [2.75, 3.05) is 43.4 Å². The van der Waals surface area contributed by atoms with E-state index in [0.717, 1.165) is 44.0 Å². The van der Waals surface area contributed by atoms with E-state index in [2.05, 4.69) is 32.0 Å². The van der Waals surface area contributed by atoms with Crippen molar-refractivity contribution in [3.63, 3.8) is 0 Å². The number of nitrogen functional groups attached to an aromatic ring is 1. The number of phenols is 1. The van der Waals surface area contributed by atoms with Gasteiger partial charge in [-0.2, -0.15) is 18.3 Å². The zero-order valence-electron chi connectivity index (χ0n) is 21.6. The molecule has 0 aliphatic carbocycles. The Labute approximate surface area is 223 Å². The largest absolute Gasteiger partial charge is 0.507 e. The molecular formula is C28H29F3N6O2. The summed E-state index contributed by atoms with van der Waals surface area (Å²) in [5.74, 6) is -0.647. The maximum absolute atomic E-state index is 13.7. The average Bonchev–Trinajstić information content (AvgIpc) is 3.28. The minimum atomic E-state index is -4.77. The number of nitrogens with one attached hydrogen (secondary N) is 2. The molecule has 0 bridgehead atoms. The highest BCUT2D eigenvalue weighted by molar-refractivity contribution is 6.06. The number of hydrogen-bond donors (Lipinski definition) is 4. The first-order chi connectivity index (χ1) is 18.6. The van der Waals surface area contributed by atoms with Crippen LogP contribution in [0.1, 0.15) is 23.7 Å². The lowest BCUT2D eigenvalue weighted by Crippen LogP contribution is -2.43. The molecule has 1 aliphatic heterocycles. The molecule has 0 spiro atoms. The number of piperazine rings is 1. The van der Waals surface area contributed by atoms with Gasteiger partial charge in [-0.25, -0.2) is 4.98 Å². The van der Waals surface area contributed by atoms with E-state index >= 15 is 0 Å². The number of hydrogen-bond acceptors (Lipinski definition) is 7. The summed E-state index contributed by atoms with van der Waals surface area (Å²) in [5.41, 5.74) is 9.91. The van der Waals surface area contributed by atoms with E-state index < -0.39 is 17.5 Å². The number of rotatable bonds is 6. The summed E-state index contributed by atoms with van der Waals surface area (Å²) < 4.78 is 46.9. The Morgan fingerprint density at radius 3 is 2.59 bits per heavy atom. The fraction of sp³-hybridized carbons (Fsp3) is 0.286. The zero-order valence-corrected chi connectivity index (χ0v) is 21.6. The van der Waals surface area contributed by atoms with Crippen LogP contribution in [0.4, 0.5) is 24.5 Å². The van der Waals surface area contributed by atoms with Crippen LogP contribution < -0.4 is 16.0 Å². The number of H-pyrrole nitrogens is 1. The average molecular weight is 539 g/mol. The maximum Gasteiger partial charge on any atom is 0.419 e. The van der Waals surface area contributed by atoms with Gasteiger partial charge in [0.2, 0.25) is 0 Å². The van der Waals surface area contributed by atoms with Crippen molar-refractivity contribution in [2.45, 2.75) is 20.0 Å². The van der Waals surface area contributed by atoms with Crippen LogP contribution in [-0.2, 0) is 10.9 Å². The Morgan fingerprint density at radius 1 is 1.18 bits per heavy atom. The SMILES string of the molecule is C=C(OCC)c1c(-c2ccc(O)c(C(F)(F)F)c2)nc2n[nH]c(C)c2c1-c1ccc(N2CCNCC2)cc1N. The number of aromatic hydroxyl groups is 1. The number of ether oxygens (including phenoxy) is 1. The first-order valence-corrected chi connectivity index (χ1v) is 12.6. The number of nitrogens with two attached hydrogens (primary N) is 1. The molecule has 1 saturated heterocycles. The van der Waals surface area contributed by atoms with E-state index in [1.54, 1.807) is 6.92 Å². The molecule has 3 heterocycles. The van der Waals surface area contributed by atoms with Gasteiger partial charge in [-0.3, -0.25) is 5.10 Å². The van der Waals surface area contributed by atoms with Crippen LogP contribution in [-0.4, -0.2) is 53.1 Å². The van der Waals surface area contributed by atoms with Gasteiger partial charge in [0.15, 0.2) is 5.65 Å². The summed E-state index contributed by atoms with van der Waals surface area (Å²) in [4.78, 5) is 6.88. The van der Waals surface area contributed by atoms with Gasteiger partial charge in [-0.05, 0) is 44.2 Å². The quantitative estimate of drug-likeness (QED) is 0.194. The Kier molecular flexibility index (Phi) is 6.85. The molecule has 5 rings (SSSR count). The molecule has 0 atom stereocenters. The van der Waals surface area contributed by atoms with E-state index in [4.69, 9.17) is 10.5 Å². The number of fused-ring (bicyclic) bond motifs is 1. The normalized spacial score (nSPS) is 14.1. The Hall–Kier alpha value is -4.25. The Balaban J connectivity index is 1.80. The molecule has 0 radical (unpaired) electrons. The molecular weight excluding hydrogens is 509 g/mol. The summed E-state index contributed by atoms with van der Waals surface area (Å²) in [6, 6.07) is 9.03. The molecule has 0 amide bonds. The minimum absolute atomic E-state index is 0.121. The van der Waals surface area contributed by atoms with Crippen molar-refractivity contribution in [2.24, 2.45) is 0 Å². The van der Waals surface area contributed by atoms with Gasteiger partial charge < -0.3 is 25.8 Å². The molecule has 1 aliphatic rings. The minimum Gasteiger partial charge on any atom is -0.507 e. The number of halogens is 3. The summed E-state index contributed by atoms with van der Waals surface area (Å²) in [6.45, 7) is 11.4. The first kappa shape index (κ1) is 26.4. The van der Waals surface area contributed by atoms with Crippen molar-refractivity contribution in [1.29, 1.82) is 0 Å². The van der Waals surface area contributed by atoms with E-state index in [-0.39, 0.29) is 23.6 Å². The number of aromatic nitrogens is 3. The number of alkyl halides is 3. The summed E-state index contributed by atoms with van der Waals surface area (Å²) >= 11 is 0. The number of aromatic amines is 1. The third-order valence-electron chi connectivity index (χ3n) is 6.84. The van der Waals surface area contributed by atoms with Crippen molar-refractivity contribution < 1.29 is 23.0 Å². The molecule has 39 heavy (non-hydrogen) atoms. The lowest BCUT2D eigenvalue weighted by Gasteiger charge is -2.30. The second-order valence-electron chi connectivity index (χ2n) is 9.35. The molecule has 2 aromatic carbocycles. The van der Waals surface area contributed by atoms with Gasteiger partial charge in [0.25, 0.3) is 0 Å². The molecule has 204 valence electrons. The summed E-state index contributed by atoms with van der Waals surface area (Å²) in [5, 5.41) is 21.2. The van der Waals surface area contributed by atoms with Gasteiger partial charge >= 0.3 is 6.18 Å². The number of aryl methyl sites for hydroxylation is 1. The van der Waals surface area contributed by atoms with E-state index in [1.165, 1.54) is 6.07 Å². The topological polar surface area (TPSA) is 112 Å². The number of phenolic OH excluding ortho intramolecular Hbond substituents is 1. The van der Waals surface area contributed by atoms with Crippen LogP contribution in [0.2, 0.25) is 0 Å². The highest BCUT2D eigenvalue weighted by Gasteiger charge is 2.35. The van der Waals surface area contributed by atoms with Crippen molar-refractivity contribution in [1.82, 2.24) is 20.5 Å². The monoisotopic (exact) mass is 538 g/mol. The third-order valence-corrected chi connectivity index (χ3v) is 6.84. The molecule has 4 aromatic rings. The van der Waals surface area contributed by atoms with E-state index in [0.29, 0.717) is 39.1 Å². The van der Waals surface area contributed by atoms with Crippen molar-refractivity contribution in [3.8, 4) is 28.1 Å². The number of nitrogens with zero attached hydrogens (tertiary/aromatic N) is 3. The van der Waals surface area contributed by atoms with Crippen LogP contribution in [0.15, 0.2) is 43.0 Å². The van der Waals surface area contributed by atoms with Crippen LogP contribution in [0, 0.1) is 6.92 Å². The van der Waals surface area contributed by atoms with Gasteiger partial charge in [0.05, 0.1) is 28.8 Å². The summed E-state index contributed by atoms with van der Waals surface area (Å²) in [6.07, 6.45) is -4.77.